The molecule has 1 aromatic carbocycles. The van der Waals surface area contributed by atoms with Crippen LogP contribution in [-0.2, 0) is 6.54 Å². The monoisotopic (exact) mass is 306 g/mol. The number of rotatable bonds is 6. The van der Waals surface area contributed by atoms with E-state index in [1.807, 2.05) is 29.1 Å². The summed E-state index contributed by atoms with van der Waals surface area (Å²) in [5.74, 6) is 0.793. The summed E-state index contributed by atoms with van der Waals surface area (Å²) in [6.45, 7) is 1.60. The van der Waals surface area contributed by atoms with Crippen molar-refractivity contribution in [3.8, 4) is 5.69 Å². The average molecular weight is 307 g/mol. The van der Waals surface area contributed by atoms with Gasteiger partial charge in [0.25, 0.3) is 0 Å². The Morgan fingerprint density at radius 1 is 1.29 bits per heavy atom. The fourth-order valence-electron chi connectivity index (χ4n) is 2.76. The lowest BCUT2D eigenvalue weighted by molar-refractivity contribution is 0.213. The molecule has 0 bridgehead atoms. The zero-order chi connectivity index (χ0) is 13.9. The van der Waals surface area contributed by atoms with Gasteiger partial charge in [-0.2, -0.15) is 5.10 Å². The molecule has 1 saturated carbocycles. The lowest BCUT2D eigenvalue weighted by Gasteiger charge is -2.26. The van der Waals surface area contributed by atoms with Crippen LogP contribution in [0.15, 0.2) is 42.6 Å². The summed E-state index contributed by atoms with van der Waals surface area (Å²) < 4.78 is 1.93. The Morgan fingerprint density at radius 2 is 2.00 bits per heavy atom. The maximum Gasteiger partial charge on any atom is 0.0769 e. The van der Waals surface area contributed by atoms with Gasteiger partial charge in [0.15, 0.2) is 0 Å². The standard InChI is InChI=1S/C16H22N4.ClH/c1-19(16(11-17)13-7-8-13)12-14-9-10-20(18-14)15-5-3-2-4-6-15;/h2-6,9-10,13,16H,7-8,11-12,17H2,1H3;1H. The number of halogens is 1. The minimum Gasteiger partial charge on any atom is -0.329 e. The third kappa shape index (κ3) is 3.84. The molecule has 1 aliphatic carbocycles. The maximum atomic E-state index is 5.90. The minimum absolute atomic E-state index is 0. The third-order valence-electron chi connectivity index (χ3n) is 4.05. The molecule has 1 aromatic heterocycles. The fraction of sp³-hybridized carbons (Fsp3) is 0.438. The lowest BCUT2D eigenvalue weighted by atomic mass is 10.1. The number of aromatic nitrogens is 2. The Hall–Kier alpha value is -1.36. The second-order valence-electron chi connectivity index (χ2n) is 5.64. The van der Waals surface area contributed by atoms with Crippen molar-refractivity contribution in [2.45, 2.75) is 25.4 Å². The average Bonchev–Trinajstić information content (AvgIpc) is 3.19. The van der Waals surface area contributed by atoms with Gasteiger partial charge in [0.2, 0.25) is 0 Å². The number of benzene rings is 1. The van der Waals surface area contributed by atoms with Gasteiger partial charge in [0, 0.05) is 25.3 Å². The molecule has 2 N–H and O–H groups in total. The Bertz CT molecular complexity index is 550. The third-order valence-corrected chi connectivity index (χ3v) is 4.05. The van der Waals surface area contributed by atoms with Crippen molar-refractivity contribution in [1.29, 1.82) is 0 Å². The lowest BCUT2D eigenvalue weighted by Crippen LogP contribution is -2.39. The normalized spacial score (nSPS) is 15.8. The fourth-order valence-corrected chi connectivity index (χ4v) is 2.76. The molecule has 0 aliphatic heterocycles. The van der Waals surface area contributed by atoms with Gasteiger partial charge < -0.3 is 5.73 Å². The molecule has 114 valence electrons. The Labute approximate surface area is 132 Å². The van der Waals surface area contributed by atoms with Gasteiger partial charge in [-0.15, -0.1) is 12.4 Å². The second-order valence-corrected chi connectivity index (χ2v) is 5.64. The summed E-state index contributed by atoms with van der Waals surface area (Å²) in [6, 6.07) is 12.8. The SMILES string of the molecule is CN(Cc1ccn(-c2ccccc2)n1)C(CN)C1CC1.Cl. The van der Waals surface area contributed by atoms with Crippen molar-refractivity contribution in [3.63, 3.8) is 0 Å². The van der Waals surface area contributed by atoms with Crippen molar-refractivity contribution in [2.24, 2.45) is 11.7 Å². The first-order valence-corrected chi connectivity index (χ1v) is 7.28. The maximum absolute atomic E-state index is 5.90. The molecule has 0 radical (unpaired) electrons. The molecule has 0 saturated heterocycles. The first kappa shape index (κ1) is 16.0. The van der Waals surface area contributed by atoms with E-state index in [2.05, 4.69) is 35.2 Å². The summed E-state index contributed by atoms with van der Waals surface area (Å²) in [5.41, 5.74) is 8.09. The van der Waals surface area contributed by atoms with Crippen LogP contribution in [0.2, 0.25) is 0 Å². The minimum atomic E-state index is 0. The smallest absolute Gasteiger partial charge is 0.0769 e. The van der Waals surface area contributed by atoms with Crippen molar-refractivity contribution >= 4 is 12.4 Å². The van der Waals surface area contributed by atoms with Crippen LogP contribution < -0.4 is 5.73 Å². The summed E-state index contributed by atoms with van der Waals surface area (Å²) in [5, 5.41) is 4.65. The Balaban J connectivity index is 0.00000161. The Kier molecular flexibility index (Phi) is 5.39. The second kappa shape index (κ2) is 7.07. The van der Waals surface area contributed by atoms with Crippen molar-refractivity contribution in [1.82, 2.24) is 14.7 Å². The summed E-state index contributed by atoms with van der Waals surface area (Å²) in [4.78, 5) is 2.34. The molecule has 0 spiro atoms. The van der Waals surface area contributed by atoms with E-state index in [-0.39, 0.29) is 12.4 Å². The molecule has 1 aliphatic rings. The zero-order valence-corrected chi connectivity index (χ0v) is 13.2. The number of nitrogens with two attached hydrogens (primary N) is 1. The van der Waals surface area contributed by atoms with Crippen LogP contribution in [-0.4, -0.2) is 34.3 Å². The first-order valence-electron chi connectivity index (χ1n) is 7.28. The van der Waals surface area contributed by atoms with Gasteiger partial charge in [0.05, 0.1) is 11.4 Å². The van der Waals surface area contributed by atoms with Gasteiger partial charge >= 0.3 is 0 Å². The van der Waals surface area contributed by atoms with Crippen molar-refractivity contribution in [2.75, 3.05) is 13.6 Å². The Morgan fingerprint density at radius 3 is 2.62 bits per heavy atom. The predicted octanol–water partition coefficient (Wildman–Crippen LogP) is 2.46. The molecular weight excluding hydrogens is 284 g/mol. The molecule has 1 unspecified atom stereocenters. The van der Waals surface area contributed by atoms with Gasteiger partial charge in [-0.1, -0.05) is 18.2 Å². The van der Waals surface area contributed by atoms with E-state index in [4.69, 9.17) is 5.73 Å². The van der Waals surface area contributed by atoms with E-state index < -0.39 is 0 Å². The van der Waals surface area contributed by atoms with Crippen LogP contribution in [0.3, 0.4) is 0 Å². The molecule has 2 aromatic rings. The largest absolute Gasteiger partial charge is 0.329 e. The summed E-state index contributed by atoms with van der Waals surface area (Å²) in [7, 11) is 2.15. The first-order chi connectivity index (χ1) is 9.78. The zero-order valence-electron chi connectivity index (χ0n) is 12.4. The van der Waals surface area contributed by atoms with E-state index in [9.17, 15) is 0 Å². The number of likely N-dealkylation sites (N-methyl/N-ethyl adjacent to an activating group) is 1. The highest BCUT2D eigenvalue weighted by molar-refractivity contribution is 5.85. The molecule has 1 heterocycles. The number of nitrogens with zero attached hydrogens (tertiary/aromatic N) is 3. The highest BCUT2D eigenvalue weighted by Crippen LogP contribution is 2.34. The van der Waals surface area contributed by atoms with Crippen LogP contribution >= 0.6 is 12.4 Å². The summed E-state index contributed by atoms with van der Waals surface area (Å²) >= 11 is 0. The van der Waals surface area contributed by atoms with Crippen LogP contribution in [0.4, 0.5) is 0 Å². The van der Waals surface area contributed by atoms with Crippen molar-refractivity contribution in [3.05, 3.63) is 48.3 Å². The van der Waals surface area contributed by atoms with Crippen molar-refractivity contribution < 1.29 is 0 Å². The van der Waals surface area contributed by atoms with E-state index in [1.165, 1.54) is 12.8 Å². The van der Waals surface area contributed by atoms with Gasteiger partial charge in [0.1, 0.15) is 0 Å². The molecule has 3 rings (SSSR count). The van der Waals surface area contributed by atoms with Crippen LogP contribution in [0.5, 0.6) is 0 Å². The van der Waals surface area contributed by atoms with Crippen LogP contribution in [0.25, 0.3) is 5.69 Å². The molecule has 1 atom stereocenters. The molecule has 4 nitrogen and oxygen atoms in total. The number of hydrogen-bond donors (Lipinski definition) is 1. The van der Waals surface area contributed by atoms with Gasteiger partial charge in [-0.3, -0.25) is 4.90 Å². The molecule has 0 amide bonds. The molecule has 1 fully saturated rings. The number of para-hydroxylation sites is 1. The van der Waals surface area contributed by atoms with E-state index in [0.29, 0.717) is 6.04 Å². The molecular formula is C16H23ClN4. The van der Waals surface area contributed by atoms with Crippen LogP contribution in [0.1, 0.15) is 18.5 Å². The molecule has 21 heavy (non-hydrogen) atoms. The van der Waals surface area contributed by atoms with Crippen LogP contribution in [0, 0.1) is 5.92 Å². The van der Waals surface area contributed by atoms with E-state index in [1.54, 1.807) is 0 Å². The van der Waals surface area contributed by atoms with Gasteiger partial charge in [-0.05, 0) is 44.0 Å². The number of hydrogen-bond acceptors (Lipinski definition) is 3. The topological polar surface area (TPSA) is 47.1 Å². The van der Waals surface area contributed by atoms with E-state index >= 15 is 0 Å². The summed E-state index contributed by atoms with van der Waals surface area (Å²) in [6.07, 6.45) is 4.67. The predicted molar refractivity (Wildman–Crippen MR) is 87.8 cm³/mol. The quantitative estimate of drug-likeness (QED) is 0.892. The highest BCUT2D eigenvalue weighted by Gasteiger charge is 2.32. The molecule has 5 heteroatoms. The van der Waals surface area contributed by atoms with E-state index in [0.717, 1.165) is 30.4 Å². The highest BCUT2D eigenvalue weighted by atomic mass is 35.5. The van der Waals surface area contributed by atoms with Gasteiger partial charge in [-0.25, -0.2) is 4.68 Å².